The molecule has 1 heterocycles. The van der Waals surface area contributed by atoms with E-state index in [1.807, 2.05) is 26.0 Å². The Hall–Kier alpha value is -1.87. The van der Waals surface area contributed by atoms with Crippen LogP contribution >= 0.6 is 0 Å². The van der Waals surface area contributed by atoms with Crippen molar-refractivity contribution in [2.45, 2.75) is 31.3 Å². The quantitative estimate of drug-likeness (QED) is 0.707. The van der Waals surface area contributed by atoms with Crippen molar-refractivity contribution in [3.05, 3.63) is 71.8 Å². The zero-order valence-corrected chi connectivity index (χ0v) is 16.9. The summed E-state index contributed by atoms with van der Waals surface area (Å²) in [5, 5.41) is 11.3. The summed E-state index contributed by atoms with van der Waals surface area (Å²) >= 11 is 0.308. The van der Waals surface area contributed by atoms with E-state index >= 15 is 0 Å². The molecule has 2 atom stereocenters. The first kappa shape index (κ1) is 18.9. The Balaban J connectivity index is 1.67. The van der Waals surface area contributed by atoms with Crippen LogP contribution in [0, 0.1) is 5.92 Å². The van der Waals surface area contributed by atoms with Gasteiger partial charge in [-0.1, -0.05) is 0 Å². The molecule has 0 radical (unpaired) electrons. The van der Waals surface area contributed by atoms with E-state index in [0.29, 0.717) is 27.5 Å². The van der Waals surface area contributed by atoms with Crippen LogP contribution in [0.3, 0.4) is 0 Å². The van der Waals surface area contributed by atoms with E-state index in [0.717, 1.165) is 10.9 Å². The van der Waals surface area contributed by atoms with E-state index in [1.54, 1.807) is 0 Å². The van der Waals surface area contributed by atoms with Gasteiger partial charge in [0.15, 0.2) is 0 Å². The van der Waals surface area contributed by atoms with Gasteiger partial charge in [0.2, 0.25) is 0 Å². The average molecular weight is 414 g/mol. The van der Waals surface area contributed by atoms with Gasteiger partial charge in [0.25, 0.3) is 0 Å². The normalized spacial score (nSPS) is 18.2. The summed E-state index contributed by atoms with van der Waals surface area (Å²) in [6, 6.07) is 18.5. The van der Waals surface area contributed by atoms with Crippen LogP contribution in [-0.4, -0.2) is 44.7 Å². The fourth-order valence-corrected chi connectivity index (χ4v) is 4.61. The van der Waals surface area contributed by atoms with Crippen molar-refractivity contribution in [3.63, 3.8) is 0 Å². The molecule has 0 saturated carbocycles. The molecule has 0 bridgehead atoms. The second kappa shape index (κ2) is 9.18. The van der Waals surface area contributed by atoms with Gasteiger partial charge in [-0.05, 0) is 0 Å². The molecule has 0 saturated heterocycles. The number of allylic oxidation sites excluding steroid dienone is 1. The first-order chi connectivity index (χ1) is 12.6. The molecule has 136 valence electrons. The molecule has 1 N–H and O–H groups in total. The number of rotatable bonds is 7. The van der Waals surface area contributed by atoms with Crippen LogP contribution in [0.1, 0.15) is 25.0 Å². The molecule has 0 amide bonds. The third-order valence-electron chi connectivity index (χ3n) is 4.31. The SMILES string of the molecule is CC(C)[C@@H](O)[C@@H]1COC(c2ccccc2[Se]C/C=C\c2ccccc2)=N1. The number of hydrogen-bond acceptors (Lipinski definition) is 3. The molecule has 0 aliphatic carbocycles. The van der Waals surface area contributed by atoms with Crippen molar-refractivity contribution in [2.75, 3.05) is 6.61 Å². The number of ether oxygens (including phenoxy) is 1. The van der Waals surface area contributed by atoms with Gasteiger partial charge in [-0.2, -0.15) is 0 Å². The average Bonchev–Trinajstić information content (AvgIpc) is 3.15. The Morgan fingerprint density at radius 3 is 2.65 bits per heavy atom. The molecule has 2 aromatic rings. The van der Waals surface area contributed by atoms with Crippen LogP contribution < -0.4 is 4.46 Å². The van der Waals surface area contributed by atoms with Gasteiger partial charge < -0.3 is 0 Å². The van der Waals surface area contributed by atoms with Crippen molar-refractivity contribution in [1.82, 2.24) is 0 Å². The number of aliphatic hydroxyl groups is 1. The fourth-order valence-electron chi connectivity index (χ4n) is 2.81. The minimum atomic E-state index is -0.459. The Morgan fingerprint density at radius 2 is 1.88 bits per heavy atom. The predicted molar refractivity (Wildman–Crippen MR) is 109 cm³/mol. The molecule has 1 aliphatic heterocycles. The number of aliphatic hydroxyl groups excluding tert-OH is 1. The van der Waals surface area contributed by atoms with Crippen LogP contribution in [0.2, 0.25) is 5.32 Å². The van der Waals surface area contributed by atoms with Gasteiger partial charge in [-0.15, -0.1) is 0 Å². The van der Waals surface area contributed by atoms with Gasteiger partial charge in [-0.25, -0.2) is 0 Å². The molecule has 0 unspecified atom stereocenters. The summed E-state index contributed by atoms with van der Waals surface area (Å²) < 4.78 is 7.11. The molecular weight excluding hydrogens is 389 g/mol. The molecule has 4 heteroatoms. The summed E-state index contributed by atoms with van der Waals surface area (Å²) in [7, 11) is 0. The van der Waals surface area contributed by atoms with E-state index in [4.69, 9.17) is 4.74 Å². The number of hydrogen-bond donors (Lipinski definition) is 1. The summed E-state index contributed by atoms with van der Waals surface area (Å²) in [5.41, 5.74) is 2.30. The second-order valence-corrected chi connectivity index (χ2v) is 8.90. The first-order valence-electron chi connectivity index (χ1n) is 8.97. The van der Waals surface area contributed by atoms with E-state index in [9.17, 15) is 5.11 Å². The van der Waals surface area contributed by atoms with Gasteiger partial charge >= 0.3 is 162 Å². The van der Waals surface area contributed by atoms with Crippen molar-refractivity contribution in [1.29, 1.82) is 0 Å². The standard InChI is InChI=1S/C22H25NO2Se/c1-16(2)21(24)19-15-25-22(23-19)18-12-6-7-13-20(18)26-14-8-11-17-9-4-3-5-10-17/h3-13,16,19,21,24H,14-15H2,1-2H3/b11-8-/t19-,21+/m0/s1. The Bertz CT molecular complexity index is 771. The monoisotopic (exact) mass is 415 g/mol. The minimum absolute atomic E-state index is 0.163. The zero-order chi connectivity index (χ0) is 18.4. The molecule has 3 rings (SSSR count). The van der Waals surface area contributed by atoms with Crippen LogP contribution in [0.4, 0.5) is 0 Å². The van der Waals surface area contributed by atoms with Crippen molar-refractivity contribution in [3.8, 4) is 0 Å². The number of benzene rings is 2. The van der Waals surface area contributed by atoms with Crippen LogP contribution in [0.5, 0.6) is 0 Å². The number of aliphatic imine (C=N–C) groups is 1. The van der Waals surface area contributed by atoms with E-state index in [-0.39, 0.29) is 12.0 Å². The topological polar surface area (TPSA) is 41.8 Å². The second-order valence-electron chi connectivity index (χ2n) is 6.67. The Kier molecular flexibility index (Phi) is 6.67. The maximum absolute atomic E-state index is 10.2. The molecule has 0 fully saturated rings. The van der Waals surface area contributed by atoms with Crippen LogP contribution in [0.15, 0.2) is 65.7 Å². The molecule has 26 heavy (non-hydrogen) atoms. The molecule has 0 aromatic heterocycles. The van der Waals surface area contributed by atoms with Gasteiger partial charge in [0, 0.05) is 0 Å². The van der Waals surface area contributed by atoms with Crippen LogP contribution in [-0.2, 0) is 4.74 Å². The summed E-state index contributed by atoms with van der Waals surface area (Å²) in [6.07, 6.45) is 3.94. The maximum atomic E-state index is 10.2. The molecular formula is C22H25NO2Se. The molecule has 0 spiro atoms. The zero-order valence-electron chi connectivity index (χ0n) is 15.2. The molecule has 2 aromatic carbocycles. The Morgan fingerprint density at radius 1 is 1.15 bits per heavy atom. The summed E-state index contributed by atoms with van der Waals surface area (Å²) in [6.45, 7) is 4.48. The van der Waals surface area contributed by atoms with Crippen molar-refractivity contribution >= 4 is 31.4 Å². The van der Waals surface area contributed by atoms with Gasteiger partial charge in [0.1, 0.15) is 0 Å². The van der Waals surface area contributed by atoms with Crippen molar-refractivity contribution < 1.29 is 9.84 Å². The first-order valence-corrected chi connectivity index (χ1v) is 11.0. The predicted octanol–water partition coefficient (Wildman–Crippen LogP) is 3.31. The summed E-state index contributed by atoms with van der Waals surface area (Å²) in [4.78, 5) is 4.65. The Labute approximate surface area is 162 Å². The third kappa shape index (κ3) is 4.85. The number of nitrogens with zero attached hydrogens (tertiary/aromatic N) is 1. The van der Waals surface area contributed by atoms with Gasteiger partial charge in [-0.3, -0.25) is 0 Å². The molecule has 1 aliphatic rings. The van der Waals surface area contributed by atoms with E-state index < -0.39 is 6.10 Å². The summed E-state index contributed by atoms with van der Waals surface area (Å²) in [5.74, 6) is 0.855. The van der Waals surface area contributed by atoms with Crippen LogP contribution in [0.25, 0.3) is 6.08 Å². The molecule has 3 nitrogen and oxygen atoms in total. The third-order valence-corrected chi connectivity index (χ3v) is 6.47. The van der Waals surface area contributed by atoms with Crippen molar-refractivity contribution in [2.24, 2.45) is 10.9 Å². The van der Waals surface area contributed by atoms with E-state index in [2.05, 4.69) is 59.6 Å². The fraction of sp³-hybridized carbons (Fsp3) is 0.318. The van der Waals surface area contributed by atoms with E-state index in [1.165, 1.54) is 10.0 Å². The van der Waals surface area contributed by atoms with Gasteiger partial charge in [0.05, 0.1) is 0 Å².